The summed E-state index contributed by atoms with van der Waals surface area (Å²) < 4.78 is 5.01. The van der Waals surface area contributed by atoms with Gasteiger partial charge in [0, 0.05) is 25.4 Å². The summed E-state index contributed by atoms with van der Waals surface area (Å²) in [6.45, 7) is 4.53. The molecule has 130 valence electrons. The van der Waals surface area contributed by atoms with Crippen LogP contribution in [0.15, 0.2) is 30.3 Å². The number of ether oxygens (including phenoxy) is 1. The fourth-order valence-electron chi connectivity index (χ4n) is 3.03. The summed E-state index contributed by atoms with van der Waals surface area (Å²) in [5.74, 6) is -0.191. The predicted molar refractivity (Wildman–Crippen MR) is 90.7 cm³/mol. The van der Waals surface area contributed by atoms with E-state index < -0.39 is 12.1 Å². The lowest BCUT2D eigenvalue weighted by Gasteiger charge is -2.34. The van der Waals surface area contributed by atoms with Gasteiger partial charge in [0.15, 0.2) is 0 Å². The molecule has 24 heavy (non-hydrogen) atoms. The first-order valence-electron chi connectivity index (χ1n) is 8.57. The van der Waals surface area contributed by atoms with Crippen LogP contribution in [0.2, 0.25) is 0 Å². The Morgan fingerprint density at radius 1 is 1.17 bits per heavy atom. The largest absolute Gasteiger partial charge is 0.418 e. The molecule has 0 bridgehead atoms. The maximum atomic E-state index is 12.4. The van der Waals surface area contributed by atoms with Gasteiger partial charge in [-0.25, -0.2) is 9.59 Å². The predicted octanol–water partition coefficient (Wildman–Crippen LogP) is 3.82. The molecule has 1 aromatic rings. The molecule has 0 spiro atoms. The maximum absolute atomic E-state index is 12.4. The van der Waals surface area contributed by atoms with Crippen LogP contribution in [0.5, 0.6) is 0 Å². The van der Waals surface area contributed by atoms with Crippen molar-refractivity contribution in [2.24, 2.45) is 5.92 Å². The van der Waals surface area contributed by atoms with Crippen LogP contribution in [0.3, 0.4) is 0 Å². The number of nitrogens with zero attached hydrogens (tertiary/aromatic N) is 1. The van der Waals surface area contributed by atoms with Gasteiger partial charge in [0.1, 0.15) is 5.78 Å². The molecule has 0 aromatic heterocycles. The minimum Gasteiger partial charge on any atom is -0.372 e. The minimum absolute atomic E-state index is 0.157. The number of rotatable bonds is 5. The molecular formula is C19H25NO4. The summed E-state index contributed by atoms with van der Waals surface area (Å²) in [5, 5.41) is 0. The smallest absolute Gasteiger partial charge is 0.372 e. The topological polar surface area (TPSA) is 63.7 Å². The van der Waals surface area contributed by atoms with E-state index in [2.05, 4.69) is 0 Å². The highest BCUT2D eigenvalue weighted by Crippen LogP contribution is 2.22. The number of amides is 1. The molecule has 0 aliphatic carbocycles. The van der Waals surface area contributed by atoms with Crippen molar-refractivity contribution in [3.05, 3.63) is 35.9 Å². The molecule has 1 fully saturated rings. The molecule has 1 saturated heterocycles. The molecular weight excluding hydrogens is 306 g/mol. The zero-order valence-corrected chi connectivity index (χ0v) is 14.4. The van der Waals surface area contributed by atoms with E-state index in [4.69, 9.17) is 4.74 Å². The number of likely N-dealkylation sites (tertiary alicyclic amines) is 1. The Labute approximate surface area is 143 Å². The number of benzene rings is 1. The van der Waals surface area contributed by atoms with Crippen molar-refractivity contribution in [2.75, 3.05) is 6.54 Å². The average molecular weight is 331 g/mol. The Kier molecular flexibility index (Phi) is 6.53. The zero-order chi connectivity index (χ0) is 17.5. The summed E-state index contributed by atoms with van der Waals surface area (Å²) >= 11 is 0. The first kappa shape index (κ1) is 18.2. The second kappa shape index (κ2) is 8.62. The molecule has 1 aliphatic rings. The average Bonchev–Trinajstić information content (AvgIpc) is 2.55. The lowest BCUT2D eigenvalue weighted by Crippen LogP contribution is -2.45. The second-order valence-electron chi connectivity index (χ2n) is 6.71. The Morgan fingerprint density at radius 2 is 1.88 bits per heavy atom. The first-order chi connectivity index (χ1) is 11.5. The number of piperidine rings is 1. The van der Waals surface area contributed by atoms with Crippen LogP contribution < -0.4 is 0 Å². The van der Waals surface area contributed by atoms with Gasteiger partial charge in [-0.2, -0.15) is 0 Å². The molecule has 5 nitrogen and oxygen atoms in total. The molecule has 1 heterocycles. The highest BCUT2D eigenvalue weighted by atomic mass is 16.6. The molecule has 0 saturated carbocycles. The number of ketones is 1. The molecule has 1 atom stereocenters. The van der Waals surface area contributed by atoms with E-state index in [9.17, 15) is 14.4 Å². The molecule has 2 rings (SSSR count). The Hall–Kier alpha value is -2.17. The highest BCUT2D eigenvalue weighted by molar-refractivity contribution is 5.96. The minimum atomic E-state index is -0.654. The Bertz CT molecular complexity index is 582. The molecule has 0 radical (unpaired) electrons. The van der Waals surface area contributed by atoms with Crippen molar-refractivity contribution in [3.63, 3.8) is 0 Å². The first-order valence-corrected chi connectivity index (χ1v) is 8.57. The number of hydrogen-bond donors (Lipinski definition) is 0. The van der Waals surface area contributed by atoms with Crippen LogP contribution >= 0.6 is 0 Å². The van der Waals surface area contributed by atoms with Gasteiger partial charge in [0.25, 0.3) is 0 Å². The number of carbonyl (C=O) groups excluding carboxylic acids is 3. The van der Waals surface area contributed by atoms with E-state index in [1.165, 1.54) is 0 Å². The third-order valence-corrected chi connectivity index (χ3v) is 4.15. The van der Waals surface area contributed by atoms with Crippen molar-refractivity contribution in [3.8, 4) is 0 Å². The Balaban J connectivity index is 1.97. The van der Waals surface area contributed by atoms with Gasteiger partial charge < -0.3 is 9.64 Å². The molecule has 0 unspecified atom stereocenters. The van der Waals surface area contributed by atoms with Crippen molar-refractivity contribution in [2.45, 2.75) is 52.0 Å². The monoisotopic (exact) mass is 331 g/mol. The number of carbonyl (C=O) groups is 3. The van der Waals surface area contributed by atoms with Gasteiger partial charge in [-0.05, 0) is 37.3 Å². The van der Waals surface area contributed by atoms with Crippen LogP contribution in [0.1, 0.15) is 56.3 Å². The van der Waals surface area contributed by atoms with Gasteiger partial charge >= 0.3 is 12.1 Å². The number of Topliss-reactive ketones (excluding diaryl/α,β-unsaturated/α-hetero) is 1. The summed E-state index contributed by atoms with van der Waals surface area (Å²) in [6, 6.07) is 8.27. The summed E-state index contributed by atoms with van der Waals surface area (Å²) in [7, 11) is 0. The van der Waals surface area contributed by atoms with Crippen LogP contribution in [0.4, 0.5) is 4.79 Å². The van der Waals surface area contributed by atoms with Crippen LogP contribution in [-0.2, 0) is 9.53 Å². The van der Waals surface area contributed by atoms with E-state index >= 15 is 0 Å². The maximum Gasteiger partial charge on any atom is 0.418 e. The quantitative estimate of drug-likeness (QED) is 0.608. The summed E-state index contributed by atoms with van der Waals surface area (Å²) in [6.07, 6.45) is 2.83. The molecule has 1 aromatic carbocycles. The van der Waals surface area contributed by atoms with E-state index in [0.29, 0.717) is 30.9 Å². The van der Waals surface area contributed by atoms with Crippen molar-refractivity contribution >= 4 is 17.8 Å². The Morgan fingerprint density at radius 3 is 2.54 bits per heavy atom. The van der Waals surface area contributed by atoms with Crippen LogP contribution in [0.25, 0.3) is 0 Å². The van der Waals surface area contributed by atoms with E-state index in [0.717, 1.165) is 19.3 Å². The second-order valence-corrected chi connectivity index (χ2v) is 6.71. The van der Waals surface area contributed by atoms with Gasteiger partial charge in [-0.1, -0.05) is 32.0 Å². The van der Waals surface area contributed by atoms with Crippen molar-refractivity contribution < 1.29 is 19.1 Å². The standard InChI is InChI=1S/C19H25NO4/c1-14(2)12-17(21)13-16-10-6-7-11-20(16)19(23)24-18(22)15-8-4-3-5-9-15/h3-5,8-9,14,16H,6-7,10-13H2,1-2H3/t16-/m1/s1. The SMILES string of the molecule is CC(C)CC(=O)C[C@H]1CCCCN1C(=O)OC(=O)c1ccccc1. The third kappa shape index (κ3) is 5.18. The fraction of sp³-hybridized carbons (Fsp3) is 0.526. The third-order valence-electron chi connectivity index (χ3n) is 4.15. The van der Waals surface area contributed by atoms with Crippen LogP contribution in [-0.4, -0.2) is 35.3 Å². The van der Waals surface area contributed by atoms with Gasteiger partial charge in [-0.3, -0.25) is 4.79 Å². The summed E-state index contributed by atoms with van der Waals surface area (Å²) in [4.78, 5) is 38.0. The van der Waals surface area contributed by atoms with Crippen LogP contribution in [0, 0.1) is 5.92 Å². The lowest BCUT2D eigenvalue weighted by atomic mass is 9.95. The highest BCUT2D eigenvalue weighted by Gasteiger charge is 2.31. The van der Waals surface area contributed by atoms with E-state index in [-0.39, 0.29) is 11.8 Å². The molecule has 5 heteroatoms. The van der Waals surface area contributed by atoms with Gasteiger partial charge in [0.05, 0.1) is 5.56 Å². The molecule has 1 aliphatic heterocycles. The van der Waals surface area contributed by atoms with Gasteiger partial charge in [-0.15, -0.1) is 0 Å². The lowest BCUT2D eigenvalue weighted by molar-refractivity contribution is -0.121. The van der Waals surface area contributed by atoms with E-state index in [1.807, 2.05) is 13.8 Å². The zero-order valence-electron chi connectivity index (χ0n) is 14.4. The van der Waals surface area contributed by atoms with Gasteiger partial charge in [0.2, 0.25) is 0 Å². The van der Waals surface area contributed by atoms with Crippen molar-refractivity contribution in [1.29, 1.82) is 0 Å². The summed E-state index contributed by atoms with van der Waals surface area (Å²) in [5.41, 5.74) is 0.343. The normalized spacial score (nSPS) is 17.6. The van der Waals surface area contributed by atoms with Crippen molar-refractivity contribution in [1.82, 2.24) is 4.90 Å². The number of esters is 1. The molecule has 0 N–H and O–H groups in total. The molecule has 1 amide bonds. The van der Waals surface area contributed by atoms with E-state index in [1.54, 1.807) is 35.2 Å². The fourth-order valence-corrected chi connectivity index (χ4v) is 3.03. The number of hydrogen-bond acceptors (Lipinski definition) is 4.